The topological polar surface area (TPSA) is 106 Å². The molecule has 1 aliphatic carbocycles. The van der Waals surface area contributed by atoms with E-state index in [1.54, 1.807) is 25.3 Å². The van der Waals surface area contributed by atoms with Crippen molar-refractivity contribution in [1.82, 2.24) is 9.55 Å². The molecule has 1 N–H and O–H groups in total. The zero-order valence-corrected chi connectivity index (χ0v) is 22.5. The summed E-state index contributed by atoms with van der Waals surface area (Å²) in [6, 6.07) is 19.4. The van der Waals surface area contributed by atoms with E-state index < -0.39 is 10.0 Å². The Morgan fingerprint density at radius 2 is 1.89 bits per heavy atom. The Labute approximate surface area is 222 Å². The first-order chi connectivity index (χ1) is 18.3. The number of pyridine rings is 1. The van der Waals surface area contributed by atoms with E-state index in [-0.39, 0.29) is 11.8 Å². The maximum Gasteiger partial charge on any atom is 0.232 e. The molecule has 4 aromatic rings. The maximum absolute atomic E-state index is 12.2. The molecule has 5 rings (SSSR count). The van der Waals surface area contributed by atoms with Crippen molar-refractivity contribution >= 4 is 26.6 Å². The summed E-state index contributed by atoms with van der Waals surface area (Å²) < 4.78 is 40.7. The minimum Gasteiger partial charge on any atom is -0.481 e. The van der Waals surface area contributed by atoms with Crippen LogP contribution in [-0.2, 0) is 10.0 Å². The summed E-state index contributed by atoms with van der Waals surface area (Å²) in [5, 5.41) is 11.1. The molecular weight excluding hydrogens is 500 g/mol. The zero-order valence-electron chi connectivity index (χ0n) is 21.7. The number of aromatic nitrogens is 2. The molecule has 0 radical (unpaired) electrons. The summed E-state index contributed by atoms with van der Waals surface area (Å²) in [5.41, 5.74) is 4.59. The molecule has 0 bridgehead atoms. The van der Waals surface area contributed by atoms with Gasteiger partial charge in [0.25, 0.3) is 0 Å². The Balaban J connectivity index is 1.58. The van der Waals surface area contributed by atoms with Gasteiger partial charge in [-0.1, -0.05) is 19.1 Å². The Morgan fingerprint density at radius 3 is 2.53 bits per heavy atom. The highest BCUT2D eigenvalue weighted by Gasteiger charge is 2.28. The molecule has 0 aliphatic heterocycles. The highest BCUT2D eigenvalue weighted by molar-refractivity contribution is 7.92. The fraction of sp³-hybridized carbons (Fsp3) is 0.310. The van der Waals surface area contributed by atoms with Gasteiger partial charge in [0.2, 0.25) is 21.8 Å². The first-order valence-corrected chi connectivity index (χ1v) is 14.4. The van der Waals surface area contributed by atoms with Crippen molar-refractivity contribution in [3.05, 3.63) is 65.7 Å². The molecule has 196 valence electrons. The number of ether oxygens (including phenoxy) is 2. The first kappa shape index (κ1) is 25.6. The van der Waals surface area contributed by atoms with E-state index in [0.717, 1.165) is 47.0 Å². The molecule has 0 unspecified atom stereocenters. The number of hydrogen-bond acceptors (Lipinski definition) is 6. The summed E-state index contributed by atoms with van der Waals surface area (Å²) >= 11 is 0. The maximum atomic E-state index is 12.2. The fourth-order valence-corrected chi connectivity index (χ4v) is 5.93. The minimum atomic E-state index is -3.38. The van der Waals surface area contributed by atoms with Crippen LogP contribution in [0.1, 0.15) is 49.8 Å². The van der Waals surface area contributed by atoms with Gasteiger partial charge in [-0.3, -0.25) is 4.72 Å². The molecule has 1 saturated carbocycles. The van der Waals surface area contributed by atoms with Crippen LogP contribution in [0.25, 0.3) is 22.2 Å². The summed E-state index contributed by atoms with van der Waals surface area (Å²) in [6.45, 7) is 3.76. The molecule has 2 aromatic carbocycles. The molecule has 1 fully saturated rings. The van der Waals surface area contributed by atoms with Crippen molar-refractivity contribution in [1.29, 1.82) is 5.26 Å². The van der Waals surface area contributed by atoms with Crippen molar-refractivity contribution < 1.29 is 17.9 Å². The lowest BCUT2D eigenvalue weighted by Gasteiger charge is -2.30. The second-order valence-corrected chi connectivity index (χ2v) is 11.4. The quantitative estimate of drug-likeness (QED) is 0.263. The van der Waals surface area contributed by atoms with E-state index in [0.29, 0.717) is 35.2 Å². The second kappa shape index (κ2) is 10.4. The molecule has 2 heterocycles. The Kier molecular flexibility index (Phi) is 7.00. The predicted octanol–water partition coefficient (Wildman–Crippen LogP) is 6.56. The minimum absolute atomic E-state index is 0.0679. The van der Waals surface area contributed by atoms with E-state index in [9.17, 15) is 13.7 Å². The van der Waals surface area contributed by atoms with Crippen molar-refractivity contribution in [2.45, 2.75) is 45.6 Å². The van der Waals surface area contributed by atoms with Crippen molar-refractivity contribution in [2.75, 3.05) is 17.6 Å². The average Bonchev–Trinajstić information content (AvgIpc) is 3.17. The van der Waals surface area contributed by atoms with Crippen LogP contribution in [0, 0.1) is 18.3 Å². The predicted molar refractivity (Wildman–Crippen MR) is 148 cm³/mol. The molecule has 9 heteroatoms. The van der Waals surface area contributed by atoms with Gasteiger partial charge in [0.1, 0.15) is 11.8 Å². The van der Waals surface area contributed by atoms with Crippen molar-refractivity contribution in [3.8, 4) is 34.8 Å². The standard InChI is InChI=1S/C29H30N4O4S/c1-4-16-38(34,35)32-21-11-9-20(10-12-21)28-25(18-30)24-14-13-23(17-26(24)33(28)22-6-5-7-22)37-29-19(2)8-15-27(31-29)36-3/h8-15,17,22,32H,4-7,16H2,1-3H3. The summed E-state index contributed by atoms with van der Waals surface area (Å²) in [6.07, 6.45) is 3.73. The van der Waals surface area contributed by atoms with Crippen LogP contribution >= 0.6 is 0 Å². The molecule has 8 nitrogen and oxygen atoms in total. The number of hydrogen-bond donors (Lipinski definition) is 1. The zero-order chi connectivity index (χ0) is 26.9. The number of nitrogens with one attached hydrogen (secondary N) is 1. The SMILES string of the molecule is CCCS(=O)(=O)Nc1ccc(-c2c(C#N)c3ccc(Oc4nc(OC)ccc4C)cc3n2C2CCC2)cc1. The molecule has 0 spiro atoms. The van der Waals surface area contributed by atoms with E-state index in [1.165, 1.54) is 0 Å². The molecular formula is C29H30N4O4S. The van der Waals surface area contributed by atoms with Crippen molar-refractivity contribution in [2.24, 2.45) is 0 Å². The molecule has 2 aromatic heterocycles. The van der Waals surface area contributed by atoms with E-state index in [2.05, 4.69) is 20.3 Å². The average molecular weight is 531 g/mol. The summed E-state index contributed by atoms with van der Waals surface area (Å²) in [7, 11) is -1.82. The number of aryl methyl sites for hydroxylation is 1. The highest BCUT2D eigenvalue weighted by Crippen LogP contribution is 2.44. The smallest absolute Gasteiger partial charge is 0.232 e. The fourth-order valence-electron chi connectivity index (χ4n) is 4.79. The van der Waals surface area contributed by atoms with Gasteiger partial charge >= 0.3 is 0 Å². The lowest BCUT2D eigenvalue weighted by atomic mass is 9.92. The third kappa shape index (κ3) is 4.92. The van der Waals surface area contributed by atoms with Gasteiger partial charge in [0.05, 0.1) is 29.6 Å². The first-order valence-electron chi connectivity index (χ1n) is 12.7. The Hall–Kier alpha value is -4.03. The Morgan fingerprint density at radius 1 is 1.13 bits per heavy atom. The number of nitrogens with zero attached hydrogens (tertiary/aromatic N) is 3. The molecule has 0 saturated heterocycles. The third-order valence-electron chi connectivity index (χ3n) is 6.88. The van der Waals surface area contributed by atoms with E-state index in [1.807, 2.05) is 50.2 Å². The van der Waals surface area contributed by atoms with Crippen LogP contribution in [0.15, 0.2) is 54.6 Å². The van der Waals surface area contributed by atoms with Gasteiger partial charge in [-0.05, 0) is 68.5 Å². The van der Waals surface area contributed by atoms with Gasteiger partial charge in [0.15, 0.2) is 0 Å². The van der Waals surface area contributed by atoms with Gasteiger partial charge in [0, 0.05) is 34.8 Å². The molecule has 0 atom stereocenters. The van der Waals surface area contributed by atoms with E-state index in [4.69, 9.17) is 9.47 Å². The van der Waals surface area contributed by atoms with Gasteiger partial charge in [-0.15, -0.1) is 0 Å². The van der Waals surface area contributed by atoms with Crippen LogP contribution < -0.4 is 14.2 Å². The summed E-state index contributed by atoms with van der Waals surface area (Å²) in [4.78, 5) is 4.43. The molecule has 0 amide bonds. The van der Waals surface area contributed by atoms with Gasteiger partial charge < -0.3 is 14.0 Å². The lowest BCUT2D eigenvalue weighted by molar-refractivity contribution is 0.324. The van der Waals surface area contributed by atoms with Gasteiger partial charge in [-0.25, -0.2) is 8.42 Å². The van der Waals surface area contributed by atoms with Crippen LogP contribution in [0.2, 0.25) is 0 Å². The number of sulfonamides is 1. The number of rotatable bonds is 9. The summed E-state index contributed by atoms with van der Waals surface area (Å²) in [5.74, 6) is 1.63. The molecule has 1 aliphatic rings. The van der Waals surface area contributed by atoms with Gasteiger partial charge in [-0.2, -0.15) is 10.2 Å². The number of benzene rings is 2. The number of anilines is 1. The highest BCUT2D eigenvalue weighted by atomic mass is 32.2. The second-order valence-electron chi connectivity index (χ2n) is 9.55. The molecule has 38 heavy (non-hydrogen) atoms. The Bertz CT molecular complexity index is 1630. The number of methoxy groups -OCH3 is 1. The van der Waals surface area contributed by atoms with Crippen LogP contribution in [0.5, 0.6) is 17.5 Å². The van der Waals surface area contributed by atoms with Crippen LogP contribution in [0.4, 0.5) is 5.69 Å². The van der Waals surface area contributed by atoms with Crippen LogP contribution in [-0.4, -0.2) is 30.8 Å². The van der Waals surface area contributed by atoms with Crippen LogP contribution in [0.3, 0.4) is 0 Å². The number of fused-ring (bicyclic) bond motifs is 1. The third-order valence-corrected chi connectivity index (χ3v) is 8.37. The largest absolute Gasteiger partial charge is 0.481 e. The van der Waals surface area contributed by atoms with Crippen molar-refractivity contribution in [3.63, 3.8) is 0 Å². The number of nitriles is 1. The normalized spacial score (nSPS) is 13.6. The monoisotopic (exact) mass is 530 g/mol. The van der Waals surface area contributed by atoms with E-state index >= 15 is 0 Å². The lowest BCUT2D eigenvalue weighted by Crippen LogP contribution is -2.18.